The highest BCUT2D eigenvalue weighted by Crippen LogP contribution is 2.28. The van der Waals surface area contributed by atoms with Gasteiger partial charge in [-0.15, -0.1) is 0 Å². The maximum absolute atomic E-state index is 13.1. The van der Waals surface area contributed by atoms with Crippen LogP contribution in [0.5, 0.6) is 5.75 Å². The molecule has 4 rings (SSSR count). The molecule has 0 aliphatic rings. The van der Waals surface area contributed by atoms with Gasteiger partial charge in [-0.25, -0.2) is 9.67 Å². The van der Waals surface area contributed by atoms with E-state index in [0.29, 0.717) is 47.9 Å². The second-order valence-corrected chi connectivity index (χ2v) is 7.13. The number of para-hydroxylation sites is 1. The fraction of sp³-hybridized carbons (Fsp3) is 0.304. The molecule has 7 nitrogen and oxygen atoms in total. The Labute approximate surface area is 174 Å². The maximum atomic E-state index is 13.1. The zero-order valence-corrected chi connectivity index (χ0v) is 17.3. The highest BCUT2D eigenvalue weighted by molar-refractivity contribution is 5.80. The summed E-state index contributed by atoms with van der Waals surface area (Å²) in [5, 5.41) is 5.22. The van der Waals surface area contributed by atoms with Crippen molar-refractivity contribution in [3.8, 4) is 17.1 Å². The van der Waals surface area contributed by atoms with Crippen molar-refractivity contribution in [1.82, 2.24) is 24.7 Å². The SMILES string of the molecule is CCCOc1ccccc1-c1nc2c(c(Cc3ccccn3)nn2CCC)c(=O)[nH]1. The van der Waals surface area contributed by atoms with Crippen molar-refractivity contribution in [3.63, 3.8) is 0 Å². The van der Waals surface area contributed by atoms with Crippen LogP contribution >= 0.6 is 0 Å². The molecule has 0 spiro atoms. The molecule has 0 atom stereocenters. The molecule has 0 fully saturated rings. The number of fused-ring (bicyclic) bond motifs is 1. The zero-order chi connectivity index (χ0) is 20.9. The molecule has 1 aromatic carbocycles. The summed E-state index contributed by atoms with van der Waals surface area (Å²) in [6.07, 6.45) is 4.01. The minimum Gasteiger partial charge on any atom is -0.493 e. The summed E-state index contributed by atoms with van der Waals surface area (Å²) in [4.78, 5) is 25.2. The number of H-pyrrole nitrogens is 1. The van der Waals surface area contributed by atoms with E-state index in [0.717, 1.165) is 24.1 Å². The summed E-state index contributed by atoms with van der Waals surface area (Å²) in [5.41, 5.74) is 2.70. The van der Waals surface area contributed by atoms with Gasteiger partial charge in [-0.05, 0) is 37.1 Å². The van der Waals surface area contributed by atoms with Crippen LogP contribution in [0.15, 0.2) is 53.5 Å². The predicted octanol–water partition coefficient (Wildman–Crippen LogP) is 3.97. The summed E-state index contributed by atoms with van der Waals surface area (Å²) >= 11 is 0. The van der Waals surface area contributed by atoms with Crippen molar-refractivity contribution in [2.45, 2.75) is 39.7 Å². The van der Waals surface area contributed by atoms with Gasteiger partial charge in [-0.1, -0.05) is 32.0 Å². The van der Waals surface area contributed by atoms with Crippen molar-refractivity contribution in [2.75, 3.05) is 6.61 Å². The Morgan fingerprint density at radius 3 is 2.67 bits per heavy atom. The van der Waals surface area contributed by atoms with E-state index in [1.54, 1.807) is 6.20 Å². The third-order valence-corrected chi connectivity index (χ3v) is 4.79. The van der Waals surface area contributed by atoms with Gasteiger partial charge in [-0.2, -0.15) is 5.10 Å². The third-order valence-electron chi connectivity index (χ3n) is 4.79. The molecule has 0 aliphatic heterocycles. The van der Waals surface area contributed by atoms with Gasteiger partial charge in [0.15, 0.2) is 5.65 Å². The number of rotatable bonds is 8. The molecule has 0 aliphatic carbocycles. The van der Waals surface area contributed by atoms with Gasteiger partial charge < -0.3 is 9.72 Å². The Hall–Kier alpha value is -3.48. The number of ether oxygens (including phenoxy) is 1. The Bertz CT molecular complexity index is 1200. The van der Waals surface area contributed by atoms with Gasteiger partial charge in [0.2, 0.25) is 0 Å². The Morgan fingerprint density at radius 1 is 1.07 bits per heavy atom. The number of aromatic nitrogens is 5. The molecule has 0 unspecified atom stereocenters. The average Bonchev–Trinajstić information content (AvgIpc) is 3.11. The van der Waals surface area contributed by atoms with Gasteiger partial charge >= 0.3 is 0 Å². The fourth-order valence-corrected chi connectivity index (χ4v) is 3.44. The van der Waals surface area contributed by atoms with E-state index in [1.807, 2.05) is 47.1 Å². The van der Waals surface area contributed by atoms with Crippen molar-refractivity contribution >= 4 is 11.0 Å². The smallest absolute Gasteiger partial charge is 0.262 e. The number of pyridine rings is 1. The topological polar surface area (TPSA) is 85.7 Å². The molecular formula is C23H25N5O2. The van der Waals surface area contributed by atoms with Crippen molar-refractivity contribution in [1.29, 1.82) is 0 Å². The van der Waals surface area contributed by atoms with Crippen LogP contribution in [0.4, 0.5) is 0 Å². The van der Waals surface area contributed by atoms with Crippen molar-refractivity contribution in [3.05, 3.63) is 70.4 Å². The molecule has 0 radical (unpaired) electrons. The van der Waals surface area contributed by atoms with Gasteiger partial charge in [0.25, 0.3) is 5.56 Å². The van der Waals surface area contributed by atoms with Crippen LogP contribution in [0.25, 0.3) is 22.4 Å². The van der Waals surface area contributed by atoms with Gasteiger partial charge in [0.05, 0.1) is 17.9 Å². The summed E-state index contributed by atoms with van der Waals surface area (Å²) in [7, 11) is 0. The van der Waals surface area contributed by atoms with E-state index in [4.69, 9.17) is 14.8 Å². The van der Waals surface area contributed by atoms with Crippen LogP contribution in [0, 0.1) is 0 Å². The molecule has 0 saturated carbocycles. The lowest BCUT2D eigenvalue weighted by atomic mass is 10.1. The quantitative estimate of drug-likeness (QED) is 0.481. The Morgan fingerprint density at radius 2 is 1.90 bits per heavy atom. The average molecular weight is 403 g/mol. The van der Waals surface area contributed by atoms with Crippen LogP contribution in [0.2, 0.25) is 0 Å². The van der Waals surface area contributed by atoms with E-state index < -0.39 is 0 Å². The summed E-state index contributed by atoms with van der Waals surface area (Å²) in [6.45, 7) is 5.42. The first-order valence-corrected chi connectivity index (χ1v) is 10.3. The first-order chi connectivity index (χ1) is 14.7. The second-order valence-electron chi connectivity index (χ2n) is 7.13. The monoisotopic (exact) mass is 403 g/mol. The van der Waals surface area contributed by atoms with E-state index in [-0.39, 0.29) is 5.56 Å². The molecule has 3 aromatic heterocycles. The number of benzene rings is 1. The highest BCUT2D eigenvalue weighted by Gasteiger charge is 2.19. The number of nitrogens with zero attached hydrogens (tertiary/aromatic N) is 4. The second kappa shape index (κ2) is 8.90. The first-order valence-electron chi connectivity index (χ1n) is 10.3. The number of aromatic amines is 1. The zero-order valence-electron chi connectivity index (χ0n) is 17.3. The minimum absolute atomic E-state index is 0.200. The Kier molecular flexibility index (Phi) is 5.88. The molecule has 1 N–H and O–H groups in total. The Balaban J connectivity index is 1.84. The standard InChI is InChI=1S/C23H25N5O2/c1-3-13-28-22-20(18(27-28)15-16-9-7-8-12-24-16)23(29)26-21(25-22)17-10-5-6-11-19(17)30-14-4-2/h5-12H,3-4,13-15H2,1-2H3,(H,25,26,29). The number of hydrogen-bond donors (Lipinski definition) is 1. The van der Waals surface area contributed by atoms with Crippen molar-refractivity contribution in [2.24, 2.45) is 0 Å². The maximum Gasteiger partial charge on any atom is 0.262 e. The molecule has 0 bridgehead atoms. The van der Waals surface area contributed by atoms with Crippen LogP contribution < -0.4 is 10.3 Å². The number of aryl methyl sites for hydroxylation is 1. The van der Waals surface area contributed by atoms with Crippen LogP contribution in [0.3, 0.4) is 0 Å². The summed E-state index contributed by atoms with van der Waals surface area (Å²) in [5.74, 6) is 1.19. The number of nitrogens with one attached hydrogen (secondary N) is 1. The predicted molar refractivity (Wildman–Crippen MR) is 117 cm³/mol. The highest BCUT2D eigenvalue weighted by atomic mass is 16.5. The molecule has 30 heavy (non-hydrogen) atoms. The van der Waals surface area contributed by atoms with Crippen LogP contribution in [0.1, 0.15) is 38.1 Å². The third kappa shape index (κ3) is 3.96. The van der Waals surface area contributed by atoms with E-state index in [9.17, 15) is 4.79 Å². The lowest BCUT2D eigenvalue weighted by Gasteiger charge is -2.10. The lowest BCUT2D eigenvalue weighted by molar-refractivity contribution is 0.318. The van der Waals surface area contributed by atoms with Crippen molar-refractivity contribution < 1.29 is 4.74 Å². The normalized spacial score (nSPS) is 11.1. The molecular weight excluding hydrogens is 378 g/mol. The first kappa shape index (κ1) is 19.8. The summed E-state index contributed by atoms with van der Waals surface area (Å²) in [6, 6.07) is 13.4. The van der Waals surface area contributed by atoms with E-state index in [2.05, 4.69) is 23.8 Å². The molecule has 4 aromatic rings. The molecule has 0 saturated heterocycles. The molecule has 0 amide bonds. The van der Waals surface area contributed by atoms with Gasteiger partial charge in [0, 0.05) is 24.9 Å². The molecule has 3 heterocycles. The van der Waals surface area contributed by atoms with Gasteiger partial charge in [0.1, 0.15) is 17.0 Å². The van der Waals surface area contributed by atoms with E-state index >= 15 is 0 Å². The summed E-state index contributed by atoms with van der Waals surface area (Å²) < 4.78 is 7.68. The van der Waals surface area contributed by atoms with Crippen LogP contribution in [-0.2, 0) is 13.0 Å². The fourth-order valence-electron chi connectivity index (χ4n) is 3.44. The van der Waals surface area contributed by atoms with Gasteiger partial charge in [-0.3, -0.25) is 9.78 Å². The van der Waals surface area contributed by atoms with Crippen LogP contribution in [-0.4, -0.2) is 31.3 Å². The number of hydrogen-bond acceptors (Lipinski definition) is 5. The molecule has 154 valence electrons. The van der Waals surface area contributed by atoms with E-state index in [1.165, 1.54) is 0 Å². The minimum atomic E-state index is -0.200. The lowest BCUT2D eigenvalue weighted by Crippen LogP contribution is -2.12. The largest absolute Gasteiger partial charge is 0.493 e. The molecule has 7 heteroatoms.